The number of hydrogen-bond donors (Lipinski definition) is 2. The molecule has 6 nitrogen and oxygen atoms in total. The van der Waals surface area contributed by atoms with E-state index < -0.39 is 15.8 Å². The zero-order chi connectivity index (χ0) is 22.6. The fourth-order valence-electron chi connectivity index (χ4n) is 2.84. The van der Waals surface area contributed by atoms with Crippen LogP contribution < -0.4 is 14.8 Å². The van der Waals surface area contributed by atoms with E-state index in [2.05, 4.69) is 10.0 Å². The highest BCUT2D eigenvalue weighted by atomic mass is 32.2. The number of carbonyl (C=O) groups is 1. The van der Waals surface area contributed by atoms with Gasteiger partial charge in [0.05, 0.1) is 4.90 Å². The van der Waals surface area contributed by atoms with Crippen molar-refractivity contribution in [2.45, 2.75) is 25.7 Å². The summed E-state index contributed by atoms with van der Waals surface area (Å²) < 4.78 is 46.1. The van der Waals surface area contributed by atoms with E-state index in [1.165, 1.54) is 42.5 Å². The van der Waals surface area contributed by atoms with Gasteiger partial charge in [-0.1, -0.05) is 6.07 Å². The first kappa shape index (κ1) is 22.3. The fraction of sp³-hybridized carbons (Fsp3) is 0.174. The number of nitrogens with one attached hydrogen (secondary N) is 2. The minimum absolute atomic E-state index is 0.0289. The molecule has 0 fully saturated rings. The molecule has 0 spiro atoms. The van der Waals surface area contributed by atoms with Crippen molar-refractivity contribution in [2.24, 2.45) is 0 Å². The molecule has 162 valence electrons. The van der Waals surface area contributed by atoms with E-state index >= 15 is 0 Å². The van der Waals surface area contributed by atoms with Gasteiger partial charge in [0.25, 0.3) is 15.9 Å². The second-order valence-electron chi connectivity index (χ2n) is 7.18. The Morgan fingerprint density at radius 3 is 2.19 bits per heavy atom. The van der Waals surface area contributed by atoms with Gasteiger partial charge in [-0.05, 0) is 92.1 Å². The minimum atomic E-state index is -3.85. The van der Waals surface area contributed by atoms with Gasteiger partial charge in [0.1, 0.15) is 11.6 Å². The number of carbonyl (C=O) groups excluding carboxylic acids is 1. The summed E-state index contributed by atoms with van der Waals surface area (Å²) in [5, 5.41) is 2.77. The molecule has 31 heavy (non-hydrogen) atoms. The average Bonchev–Trinajstić information content (AvgIpc) is 2.71. The van der Waals surface area contributed by atoms with E-state index in [1.54, 1.807) is 6.92 Å². The van der Waals surface area contributed by atoms with Gasteiger partial charge in [0.15, 0.2) is 6.61 Å². The van der Waals surface area contributed by atoms with Gasteiger partial charge in [0.2, 0.25) is 0 Å². The van der Waals surface area contributed by atoms with E-state index in [1.807, 2.05) is 32.0 Å². The Labute approximate surface area is 181 Å². The van der Waals surface area contributed by atoms with Crippen LogP contribution in [0.15, 0.2) is 65.6 Å². The lowest BCUT2D eigenvalue weighted by atomic mass is 10.1. The molecule has 0 bridgehead atoms. The summed E-state index contributed by atoms with van der Waals surface area (Å²) in [5.41, 5.74) is 3.69. The standard InChI is InChI=1S/C23H23FN2O4S/c1-15-4-7-20(12-16(15)2)25-23(27)14-30-22-11-10-21(13-17(22)3)31(28,29)26-19-8-5-18(24)6-9-19/h4-13,26H,14H2,1-3H3,(H,25,27). The van der Waals surface area contributed by atoms with Gasteiger partial charge in [-0.3, -0.25) is 9.52 Å². The maximum atomic E-state index is 13.0. The monoisotopic (exact) mass is 442 g/mol. The molecule has 8 heteroatoms. The van der Waals surface area contributed by atoms with Gasteiger partial charge >= 0.3 is 0 Å². The molecule has 0 atom stereocenters. The van der Waals surface area contributed by atoms with Crippen molar-refractivity contribution in [3.8, 4) is 5.75 Å². The average molecular weight is 443 g/mol. The molecule has 0 unspecified atom stereocenters. The Hall–Kier alpha value is -3.39. The van der Waals surface area contributed by atoms with E-state index in [0.717, 1.165) is 11.1 Å². The Bertz CT molecular complexity index is 1210. The second kappa shape index (κ2) is 9.18. The number of benzene rings is 3. The summed E-state index contributed by atoms with van der Waals surface area (Å²) in [6.45, 7) is 5.43. The van der Waals surface area contributed by atoms with Gasteiger partial charge in [-0.25, -0.2) is 12.8 Å². The van der Waals surface area contributed by atoms with E-state index in [9.17, 15) is 17.6 Å². The minimum Gasteiger partial charge on any atom is -0.483 e. The Balaban J connectivity index is 1.64. The van der Waals surface area contributed by atoms with Crippen molar-refractivity contribution in [1.82, 2.24) is 0 Å². The summed E-state index contributed by atoms with van der Waals surface area (Å²) in [6.07, 6.45) is 0. The molecule has 0 aliphatic carbocycles. The third kappa shape index (κ3) is 5.82. The van der Waals surface area contributed by atoms with Crippen LogP contribution in [0.25, 0.3) is 0 Å². The molecule has 0 radical (unpaired) electrons. The molecule has 0 aromatic heterocycles. The molecule has 0 saturated carbocycles. The lowest BCUT2D eigenvalue weighted by Gasteiger charge is -2.13. The van der Waals surface area contributed by atoms with Gasteiger partial charge < -0.3 is 10.1 Å². The van der Waals surface area contributed by atoms with Crippen LogP contribution in [-0.4, -0.2) is 20.9 Å². The van der Waals surface area contributed by atoms with Crippen molar-refractivity contribution in [2.75, 3.05) is 16.6 Å². The highest BCUT2D eigenvalue weighted by Gasteiger charge is 2.16. The lowest BCUT2D eigenvalue weighted by molar-refractivity contribution is -0.118. The molecular weight excluding hydrogens is 419 g/mol. The number of rotatable bonds is 7. The molecule has 0 saturated heterocycles. The SMILES string of the molecule is Cc1ccc(NC(=O)COc2ccc(S(=O)(=O)Nc3ccc(F)cc3)cc2C)cc1C. The largest absolute Gasteiger partial charge is 0.483 e. The van der Waals surface area contributed by atoms with Crippen molar-refractivity contribution in [3.63, 3.8) is 0 Å². The molecule has 1 amide bonds. The number of anilines is 2. The maximum absolute atomic E-state index is 13.0. The first-order chi connectivity index (χ1) is 14.6. The number of ether oxygens (including phenoxy) is 1. The van der Waals surface area contributed by atoms with Crippen LogP contribution in [0, 0.1) is 26.6 Å². The van der Waals surface area contributed by atoms with Crippen LogP contribution in [-0.2, 0) is 14.8 Å². The number of sulfonamides is 1. The highest BCUT2D eigenvalue weighted by Crippen LogP contribution is 2.24. The van der Waals surface area contributed by atoms with E-state index in [0.29, 0.717) is 17.0 Å². The Kier molecular flexibility index (Phi) is 6.60. The zero-order valence-electron chi connectivity index (χ0n) is 17.4. The molecule has 3 aromatic carbocycles. The predicted molar refractivity (Wildman–Crippen MR) is 118 cm³/mol. The Morgan fingerprint density at radius 2 is 1.55 bits per heavy atom. The molecule has 0 aliphatic rings. The van der Waals surface area contributed by atoms with Crippen LogP contribution in [0.3, 0.4) is 0 Å². The first-order valence-electron chi connectivity index (χ1n) is 9.53. The number of halogens is 1. The molecule has 0 aliphatic heterocycles. The topological polar surface area (TPSA) is 84.5 Å². The predicted octanol–water partition coefficient (Wildman–Crippen LogP) is 4.57. The van der Waals surface area contributed by atoms with Crippen LogP contribution >= 0.6 is 0 Å². The van der Waals surface area contributed by atoms with Gasteiger partial charge in [0, 0.05) is 11.4 Å². The summed E-state index contributed by atoms with van der Waals surface area (Å²) in [7, 11) is -3.85. The van der Waals surface area contributed by atoms with Crippen molar-refractivity contribution < 1.29 is 22.3 Å². The van der Waals surface area contributed by atoms with Crippen molar-refractivity contribution in [1.29, 1.82) is 0 Å². The molecule has 3 rings (SSSR count). The normalized spacial score (nSPS) is 11.1. The van der Waals surface area contributed by atoms with Crippen LogP contribution in [0.2, 0.25) is 0 Å². The molecule has 3 aromatic rings. The summed E-state index contributed by atoms with van der Waals surface area (Å²) in [6, 6.07) is 15.0. The van der Waals surface area contributed by atoms with Crippen molar-refractivity contribution >= 4 is 27.3 Å². The van der Waals surface area contributed by atoms with Crippen LogP contribution in [0.5, 0.6) is 5.75 Å². The van der Waals surface area contributed by atoms with Gasteiger partial charge in [-0.15, -0.1) is 0 Å². The number of hydrogen-bond acceptors (Lipinski definition) is 4. The van der Waals surface area contributed by atoms with Gasteiger partial charge in [-0.2, -0.15) is 0 Å². The lowest BCUT2D eigenvalue weighted by Crippen LogP contribution is -2.20. The molecule has 2 N–H and O–H groups in total. The second-order valence-corrected chi connectivity index (χ2v) is 8.86. The third-order valence-electron chi connectivity index (χ3n) is 4.70. The Morgan fingerprint density at radius 1 is 0.871 bits per heavy atom. The summed E-state index contributed by atoms with van der Waals surface area (Å²) in [5.74, 6) is -0.379. The summed E-state index contributed by atoms with van der Waals surface area (Å²) >= 11 is 0. The van der Waals surface area contributed by atoms with E-state index in [-0.39, 0.29) is 23.1 Å². The summed E-state index contributed by atoms with van der Waals surface area (Å²) in [4.78, 5) is 12.2. The van der Waals surface area contributed by atoms with Crippen molar-refractivity contribution in [3.05, 3.63) is 83.2 Å². The first-order valence-corrected chi connectivity index (χ1v) is 11.0. The molecular formula is C23H23FN2O4S. The smallest absolute Gasteiger partial charge is 0.262 e. The van der Waals surface area contributed by atoms with Crippen LogP contribution in [0.1, 0.15) is 16.7 Å². The van der Waals surface area contributed by atoms with Crippen LogP contribution in [0.4, 0.5) is 15.8 Å². The zero-order valence-corrected chi connectivity index (χ0v) is 18.2. The highest BCUT2D eigenvalue weighted by molar-refractivity contribution is 7.92. The quantitative estimate of drug-likeness (QED) is 0.561. The molecule has 0 heterocycles. The number of aryl methyl sites for hydroxylation is 3. The number of amides is 1. The maximum Gasteiger partial charge on any atom is 0.262 e. The third-order valence-corrected chi connectivity index (χ3v) is 6.08. The van der Waals surface area contributed by atoms with E-state index in [4.69, 9.17) is 4.74 Å². The fourth-order valence-corrected chi connectivity index (χ4v) is 3.99.